The molecule has 11 heteroatoms. The van der Waals surface area contributed by atoms with Gasteiger partial charge in [0.2, 0.25) is 11.7 Å². The molecule has 2 aliphatic heterocycles. The van der Waals surface area contributed by atoms with Crippen LogP contribution in [0.3, 0.4) is 0 Å². The molecule has 9 nitrogen and oxygen atoms in total. The molecule has 31 heavy (non-hydrogen) atoms. The van der Waals surface area contributed by atoms with Gasteiger partial charge in [0.15, 0.2) is 0 Å². The van der Waals surface area contributed by atoms with Crippen LogP contribution in [-0.4, -0.2) is 17.6 Å². The van der Waals surface area contributed by atoms with E-state index in [4.69, 9.17) is 21.6 Å². The van der Waals surface area contributed by atoms with Crippen LogP contribution in [0.5, 0.6) is 0 Å². The number of Topliss-reactive ketones (excluding diaryl/α,β-unsaturated/α-hetero) is 1. The fourth-order valence-corrected chi connectivity index (χ4v) is 2.13. The van der Waals surface area contributed by atoms with Crippen molar-refractivity contribution in [2.75, 3.05) is 10.6 Å². The number of nitrogens with zero attached hydrogens (tertiary/aromatic N) is 4. The maximum atomic E-state index is 11.0. The van der Waals surface area contributed by atoms with Crippen molar-refractivity contribution in [1.29, 1.82) is 21.6 Å². The molecule has 0 fully saturated rings. The zero-order chi connectivity index (χ0) is 22.8. The van der Waals surface area contributed by atoms with Crippen molar-refractivity contribution < 1.29 is 79.8 Å². The minimum absolute atomic E-state index is 0. The average Bonchev–Trinajstić information content (AvgIpc) is 3.32. The van der Waals surface area contributed by atoms with Gasteiger partial charge >= 0.3 is 0 Å². The Morgan fingerprint density at radius 3 is 1.74 bits per heavy atom. The molecule has 2 heterocycles. The number of rotatable bonds is 0. The van der Waals surface area contributed by atoms with Gasteiger partial charge in [0.05, 0.1) is 0 Å². The first-order valence-electron chi connectivity index (χ1n) is 8.70. The van der Waals surface area contributed by atoms with Gasteiger partial charge in [-0.15, -0.1) is 5.56 Å². The van der Waals surface area contributed by atoms with Gasteiger partial charge in [0, 0.05) is 93.4 Å². The Bertz CT molecular complexity index is 824. The molecular weight excluding hydrogens is 550 g/mol. The molecule has 0 spiro atoms. The molecule has 0 aromatic heterocycles. The van der Waals surface area contributed by atoms with Crippen molar-refractivity contribution in [2.45, 2.75) is 34.1 Å². The quantitative estimate of drug-likeness (QED) is 0.275. The number of carbonyl (C=O) groups excluding carboxylic acids is 3. The zero-order valence-corrected chi connectivity index (χ0v) is 23.5. The van der Waals surface area contributed by atoms with Crippen LogP contribution in [0.1, 0.15) is 43.6 Å². The van der Waals surface area contributed by atoms with Crippen LogP contribution in [0, 0.1) is 33.7 Å². The van der Waals surface area contributed by atoms with Crippen molar-refractivity contribution >= 4 is 29.0 Å². The molecule has 2 aliphatic rings. The molecule has 2 aromatic rings. The van der Waals surface area contributed by atoms with E-state index in [9.17, 15) is 14.4 Å². The number of amides is 2. The molecule has 2 radical (unpaired) electrons. The maximum Gasteiger partial charge on any atom is 0.283 e. The molecule has 2 aromatic carbocycles. The summed E-state index contributed by atoms with van der Waals surface area (Å²) >= 11 is 0. The number of hydrogen-bond acceptors (Lipinski definition) is 7. The summed E-state index contributed by atoms with van der Waals surface area (Å²) in [4.78, 5) is 32.5. The van der Waals surface area contributed by atoms with Crippen LogP contribution >= 0.6 is 0 Å². The largest absolute Gasteiger partial charge is 0.379 e. The van der Waals surface area contributed by atoms with Crippen molar-refractivity contribution in [3.8, 4) is 0 Å². The van der Waals surface area contributed by atoms with E-state index in [-0.39, 0.29) is 71.3 Å². The number of nitrogens with one attached hydrogen (secondary N) is 2. The molecule has 2 amide bonds. The van der Waals surface area contributed by atoms with Crippen LogP contribution in [0.2, 0.25) is 0 Å². The van der Waals surface area contributed by atoms with E-state index in [1.54, 1.807) is 24.3 Å². The predicted molar refractivity (Wildman–Crippen MR) is 105 cm³/mol. The molecule has 2 N–H and O–H groups in total. The van der Waals surface area contributed by atoms with E-state index < -0.39 is 11.7 Å². The van der Waals surface area contributed by atoms with Crippen molar-refractivity contribution in [2.24, 2.45) is 0 Å². The summed E-state index contributed by atoms with van der Waals surface area (Å²) < 4.78 is 0. The third kappa shape index (κ3) is 11.9. The summed E-state index contributed by atoms with van der Waals surface area (Å²) in [7, 11) is 0. The van der Waals surface area contributed by atoms with Crippen LogP contribution in [-0.2, 0) is 81.4 Å². The average molecular weight is 572 g/mol. The predicted octanol–water partition coefficient (Wildman–Crippen LogP) is 3.71. The summed E-state index contributed by atoms with van der Waals surface area (Å²) in [5.41, 5.74) is 2.98. The fourth-order valence-electron chi connectivity index (χ4n) is 2.13. The van der Waals surface area contributed by atoms with E-state index in [2.05, 4.69) is 22.8 Å². The van der Waals surface area contributed by atoms with Gasteiger partial charge in [-0.25, -0.2) is 0 Å². The molecule has 0 bridgehead atoms. The van der Waals surface area contributed by atoms with Crippen LogP contribution in [0.25, 0.3) is 0 Å². The summed E-state index contributed by atoms with van der Waals surface area (Å²) in [6.07, 6.45) is 0.518. The third-order valence-electron chi connectivity index (χ3n) is 3.14. The van der Waals surface area contributed by atoms with Crippen LogP contribution < -0.4 is 10.6 Å². The van der Waals surface area contributed by atoms with Gasteiger partial charge in [0.25, 0.3) is 5.91 Å². The first-order valence-corrected chi connectivity index (χ1v) is 8.70. The summed E-state index contributed by atoms with van der Waals surface area (Å²) in [5, 5.41) is 29.2. The van der Waals surface area contributed by atoms with Gasteiger partial charge in [-0.3, -0.25) is 14.4 Å². The number of fused-ring (bicyclic) bond motifs is 2. The first-order chi connectivity index (χ1) is 14.1. The first kappa shape index (κ1) is 36.5. The molecule has 0 aliphatic carbocycles. The minimum atomic E-state index is -0.556. The molecule has 158 valence electrons. The molecule has 0 unspecified atom stereocenters. The topological polar surface area (TPSA) is 170 Å². The van der Waals surface area contributed by atoms with E-state index in [1.165, 1.54) is 0 Å². The Labute approximate surface area is 232 Å². The van der Waals surface area contributed by atoms with Gasteiger partial charge < -0.3 is 10.6 Å². The molecule has 4 rings (SSSR count). The Balaban J connectivity index is -0.000000170. The summed E-state index contributed by atoms with van der Waals surface area (Å²) in [6.45, 7) is 8.00. The number of carbonyl (C=O) groups is 3. The minimum Gasteiger partial charge on any atom is -0.379 e. The number of anilines is 2. The number of ketones is 1. The Morgan fingerprint density at radius 2 is 1.26 bits per heavy atom. The van der Waals surface area contributed by atoms with E-state index in [0.29, 0.717) is 17.7 Å². The smallest absolute Gasteiger partial charge is 0.283 e. The van der Waals surface area contributed by atoms with Crippen LogP contribution in [0.15, 0.2) is 36.4 Å². The molecule has 0 saturated heterocycles. The maximum absolute atomic E-state index is 11.0. The second kappa shape index (κ2) is 22.8. The molecule has 0 atom stereocenters. The summed E-state index contributed by atoms with van der Waals surface area (Å²) in [5.74, 6) is -0.941. The SMILES string of the molecule is CC.CC.N#N.N#N.O=C1Cc2cc[c-]cc2N1.O=C1Nc2c[c-]ccc2C1=O.[Y].[Y]. The van der Waals surface area contributed by atoms with E-state index >= 15 is 0 Å². The Morgan fingerprint density at radius 1 is 0.774 bits per heavy atom. The fraction of sp³-hybridized carbons (Fsp3) is 0.250. The van der Waals surface area contributed by atoms with E-state index in [1.807, 2.05) is 39.8 Å². The van der Waals surface area contributed by atoms with Crippen molar-refractivity contribution in [3.05, 3.63) is 59.7 Å². The molecule has 0 saturated carbocycles. The second-order valence-electron chi connectivity index (χ2n) is 4.56. The second-order valence-corrected chi connectivity index (χ2v) is 4.56. The van der Waals surface area contributed by atoms with Crippen LogP contribution in [0.4, 0.5) is 11.4 Å². The standard InChI is InChI=1S/C8H4NO2.C8H6NO.2C2H6.2N2.2Y/c10-7-5-3-1-2-4-6(5)9-8(7)11;10-8-5-6-3-1-2-4-7(6)9-8;4*1-2;;/h1,3-4H,(H,9,10,11);1,3-4H,5H2,(H,9,10);2*1-2H3;;;;/q2*-1;;;;;;. The Hall–Kier alpha value is -1.90. The number of benzene rings is 2. The molecular formula is C20H22N6O3Y2-2. The third-order valence-corrected chi connectivity index (χ3v) is 3.14. The van der Waals surface area contributed by atoms with Crippen molar-refractivity contribution in [3.63, 3.8) is 0 Å². The van der Waals surface area contributed by atoms with E-state index in [0.717, 1.165) is 11.3 Å². The van der Waals surface area contributed by atoms with Gasteiger partial charge in [-0.1, -0.05) is 44.6 Å². The summed E-state index contributed by atoms with van der Waals surface area (Å²) in [6, 6.07) is 16.0. The normalized spacial score (nSPS) is 10.4. The zero-order valence-electron chi connectivity index (χ0n) is 17.8. The monoisotopic (exact) mass is 572 g/mol. The number of hydrogen-bond donors (Lipinski definition) is 2. The van der Waals surface area contributed by atoms with Gasteiger partial charge in [-0.2, -0.15) is 48.5 Å². The van der Waals surface area contributed by atoms with Gasteiger partial charge in [0.1, 0.15) is 0 Å². The Kier molecular flexibility index (Phi) is 26.8. The van der Waals surface area contributed by atoms with Gasteiger partial charge in [-0.05, 0) is 0 Å². The van der Waals surface area contributed by atoms with Crippen molar-refractivity contribution in [1.82, 2.24) is 0 Å².